The Morgan fingerprint density at radius 2 is 1.62 bits per heavy atom. The normalized spacial score (nSPS) is 13.0. The van der Waals surface area contributed by atoms with Gasteiger partial charge in [-0.3, -0.25) is 0 Å². The van der Waals surface area contributed by atoms with Gasteiger partial charge in [-0.05, 0) is 37.6 Å². The summed E-state index contributed by atoms with van der Waals surface area (Å²) in [6.07, 6.45) is -9.76. The molecule has 0 unspecified atom stereocenters. The van der Waals surface area contributed by atoms with Gasteiger partial charge < -0.3 is 14.4 Å². The Labute approximate surface area is 190 Å². The van der Waals surface area contributed by atoms with Crippen LogP contribution in [0, 0.1) is 6.92 Å². The van der Waals surface area contributed by atoms with Gasteiger partial charge in [0.15, 0.2) is 5.71 Å². The Kier molecular flexibility index (Phi) is 8.30. The molecule has 0 aliphatic carbocycles. The number of halogens is 6. The van der Waals surface area contributed by atoms with Crippen molar-refractivity contribution in [2.24, 2.45) is 10.3 Å². The van der Waals surface area contributed by atoms with E-state index in [-0.39, 0.29) is 17.9 Å². The Morgan fingerprint density at radius 1 is 0.941 bits per heavy atom. The maximum atomic E-state index is 13.4. The molecule has 0 bridgehead atoms. The number of aryl methyl sites for hydroxylation is 1. The highest BCUT2D eigenvalue weighted by Crippen LogP contribution is 2.36. The standard InChI is InChI=1S/C22H20F6N2O4/c1-12-6-5-7-15(19(30-33-4)20(31)32-3)17(12)11-34-29-13(2)16-10-14(21(23,24)25)8-9-18(16)22(26,27)28/h5-10H,11H2,1-4H3/b29-13+,30-19+. The number of alkyl halides is 6. The summed E-state index contributed by atoms with van der Waals surface area (Å²) in [5, 5.41) is 7.25. The molecule has 0 fully saturated rings. The number of hydrogen-bond acceptors (Lipinski definition) is 6. The summed E-state index contributed by atoms with van der Waals surface area (Å²) in [4.78, 5) is 21.9. The fourth-order valence-corrected chi connectivity index (χ4v) is 3.01. The zero-order valence-corrected chi connectivity index (χ0v) is 18.5. The van der Waals surface area contributed by atoms with E-state index in [1.165, 1.54) is 13.2 Å². The van der Waals surface area contributed by atoms with Gasteiger partial charge in [-0.2, -0.15) is 26.3 Å². The van der Waals surface area contributed by atoms with Gasteiger partial charge in [0.1, 0.15) is 13.7 Å². The average Bonchev–Trinajstić information content (AvgIpc) is 2.76. The summed E-state index contributed by atoms with van der Waals surface area (Å²) in [5.41, 5.74) is -2.67. The molecule has 0 spiro atoms. The number of ether oxygens (including phenoxy) is 1. The highest BCUT2D eigenvalue weighted by Gasteiger charge is 2.37. The van der Waals surface area contributed by atoms with Crippen molar-refractivity contribution in [3.05, 3.63) is 69.8 Å². The van der Waals surface area contributed by atoms with E-state index in [2.05, 4.69) is 19.9 Å². The van der Waals surface area contributed by atoms with Crippen LogP contribution in [0.25, 0.3) is 0 Å². The van der Waals surface area contributed by atoms with Gasteiger partial charge in [0.25, 0.3) is 0 Å². The van der Waals surface area contributed by atoms with Gasteiger partial charge in [0, 0.05) is 16.7 Å². The lowest BCUT2D eigenvalue weighted by Gasteiger charge is -2.16. The average molecular weight is 490 g/mol. The molecule has 0 atom stereocenters. The summed E-state index contributed by atoms with van der Waals surface area (Å²) in [7, 11) is 2.36. The van der Waals surface area contributed by atoms with Crippen LogP contribution in [0.4, 0.5) is 26.3 Å². The Hall–Kier alpha value is -3.57. The molecule has 34 heavy (non-hydrogen) atoms. The number of hydrogen-bond donors (Lipinski definition) is 0. The zero-order chi connectivity index (χ0) is 25.7. The molecule has 2 aromatic carbocycles. The van der Waals surface area contributed by atoms with E-state index in [0.717, 1.165) is 14.0 Å². The van der Waals surface area contributed by atoms with E-state index in [0.29, 0.717) is 29.3 Å². The van der Waals surface area contributed by atoms with E-state index in [9.17, 15) is 31.1 Å². The van der Waals surface area contributed by atoms with E-state index in [4.69, 9.17) is 4.84 Å². The molecule has 0 aliphatic rings. The van der Waals surface area contributed by atoms with Crippen molar-refractivity contribution in [2.75, 3.05) is 14.2 Å². The first-order valence-electron chi connectivity index (χ1n) is 9.55. The van der Waals surface area contributed by atoms with Gasteiger partial charge in [-0.15, -0.1) is 0 Å². The first-order valence-corrected chi connectivity index (χ1v) is 9.55. The topological polar surface area (TPSA) is 69.5 Å². The molecule has 12 heteroatoms. The number of nitrogens with zero attached hydrogens (tertiary/aromatic N) is 2. The van der Waals surface area contributed by atoms with Gasteiger partial charge >= 0.3 is 18.3 Å². The van der Waals surface area contributed by atoms with Crippen LogP contribution >= 0.6 is 0 Å². The number of carbonyl (C=O) groups is 1. The molecule has 0 radical (unpaired) electrons. The molecule has 2 aromatic rings. The predicted octanol–water partition coefficient (Wildman–Crippen LogP) is 5.50. The van der Waals surface area contributed by atoms with Crippen molar-refractivity contribution in [1.29, 1.82) is 0 Å². The summed E-state index contributed by atoms with van der Waals surface area (Å²) < 4.78 is 83.9. The molecule has 184 valence electrons. The molecule has 0 amide bonds. The van der Waals surface area contributed by atoms with Gasteiger partial charge in [0.05, 0.1) is 23.9 Å². The third-order valence-corrected chi connectivity index (χ3v) is 4.68. The number of esters is 1. The van der Waals surface area contributed by atoms with Crippen LogP contribution in [0.2, 0.25) is 0 Å². The quantitative estimate of drug-likeness (QED) is 0.223. The minimum absolute atomic E-state index is 0.190. The lowest BCUT2D eigenvalue weighted by Crippen LogP contribution is -2.20. The molecule has 0 heterocycles. The molecule has 6 nitrogen and oxygen atoms in total. The van der Waals surface area contributed by atoms with Gasteiger partial charge in [0.2, 0.25) is 0 Å². The smallest absolute Gasteiger partial charge is 0.417 e. The van der Waals surface area contributed by atoms with Crippen LogP contribution < -0.4 is 0 Å². The highest BCUT2D eigenvalue weighted by molar-refractivity contribution is 6.43. The van der Waals surface area contributed by atoms with E-state index in [1.54, 1.807) is 19.1 Å². The fourth-order valence-electron chi connectivity index (χ4n) is 3.01. The molecule has 0 aliphatic heterocycles. The number of rotatable bonds is 7. The van der Waals surface area contributed by atoms with Gasteiger partial charge in [-0.25, -0.2) is 4.79 Å². The van der Waals surface area contributed by atoms with Crippen LogP contribution in [0.15, 0.2) is 46.7 Å². The second-order valence-electron chi connectivity index (χ2n) is 6.92. The lowest BCUT2D eigenvalue weighted by molar-refractivity contribution is -0.141. The Bertz CT molecular complexity index is 1110. The third kappa shape index (κ3) is 6.27. The summed E-state index contributed by atoms with van der Waals surface area (Å²) >= 11 is 0. The van der Waals surface area contributed by atoms with E-state index < -0.39 is 40.7 Å². The third-order valence-electron chi connectivity index (χ3n) is 4.68. The lowest BCUT2D eigenvalue weighted by atomic mass is 9.99. The zero-order valence-electron chi connectivity index (χ0n) is 18.5. The maximum Gasteiger partial charge on any atom is 0.417 e. The van der Waals surface area contributed by atoms with Crippen molar-refractivity contribution in [3.8, 4) is 0 Å². The Morgan fingerprint density at radius 3 is 2.18 bits per heavy atom. The van der Waals surface area contributed by atoms with E-state index in [1.807, 2.05) is 0 Å². The fraction of sp³-hybridized carbons (Fsp3) is 0.318. The molecule has 0 aromatic heterocycles. The largest absolute Gasteiger partial charge is 0.464 e. The molecule has 2 rings (SSSR count). The minimum atomic E-state index is -4.91. The van der Waals surface area contributed by atoms with Crippen LogP contribution in [0.1, 0.15) is 40.3 Å². The SMILES string of the molecule is CO/N=C(/C(=O)OC)c1cccc(C)c1CO/N=C(\C)c1cc(C(F)(F)F)ccc1C(F)(F)F. The molecular weight excluding hydrogens is 470 g/mol. The van der Waals surface area contributed by atoms with Crippen molar-refractivity contribution in [1.82, 2.24) is 0 Å². The molecule has 0 saturated carbocycles. The van der Waals surface area contributed by atoms with Gasteiger partial charge in [-0.1, -0.05) is 28.5 Å². The van der Waals surface area contributed by atoms with E-state index >= 15 is 0 Å². The van der Waals surface area contributed by atoms with Crippen molar-refractivity contribution >= 4 is 17.4 Å². The number of methoxy groups -OCH3 is 1. The monoisotopic (exact) mass is 490 g/mol. The predicted molar refractivity (Wildman–Crippen MR) is 110 cm³/mol. The van der Waals surface area contributed by atoms with Crippen LogP contribution in [-0.4, -0.2) is 31.6 Å². The molecular formula is C22H20F6N2O4. The second-order valence-corrected chi connectivity index (χ2v) is 6.92. The van der Waals surface area contributed by atoms with Crippen LogP contribution in [0.5, 0.6) is 0 Å². The molecule has 0 saturated heterocycles. The van der Waals surface area contributed by atoms with Crippen molar-refractivity contribution in [3.63, 3.8) is 0 Å². The Balaban J connectivity index is 2.44. The summed E-state index contributed by atoms with van der Waals surface area (Å²) in [6.45, 7) is 2.43. The highest BCUT2D eigenvalue weighted by atomic mass is 19.4. The maximum absolute atomic E-state index is 13.4. The van der Waals surface area contributed by atoms with Crippen molar-refractivity contribution in [2.45, 2.75) is 32.8 Å². The van der Waals surface area contributed by atoms with Crippen LogP contribution in [-0.2, 0) is 38.2 Å². The number of carbonyl (C=O) groups excluding carboxylic acids is 1. The van der Waals surface area contributed by atoms with Crippen molar-refractivity contribution < 1.29 is 45.5 Å². The van der Waals surface area contributed by atoms with Crippen LogP contribution in [0.3, 0.4) is 0 Å². The minimum Gasteiger partial charge on any atom is -0.464 e. The number of benzene rings is 2. The first kappa shape index (κ1) is 26.7. The number of oxime groups is 2. The summed E-state index contributed by atoms with van der Waals surface area (Å²) in [6, 6.07) is 5.88. The molecule has 0 N–H and O–H groups in total. The first-order chi connectivity index (χ1) is 15.8. The summed E-state index contributed by atoms with van der Waals surface area (Å²) in [5.74, 6) is -0.813. The second kappa shape index (κ2) is 10.6.